The Morgan fingerprint density at radius 1 is 1.30 bits per heavy atom. The molecule has 2 fully saturated rings. The Bertz CT molecular complexity index is 426. The highest BCUT2D eigenvalue weighted by Gasteiger charge is 2.30. The molecule has 2 aliphatic rings. The first-order valence-electron chi connectivity index (χ1n) is 7.59. The summed E-state index contributed by atoms with van der Waals surface area (Å²) < 4.78 is 0. The molecule has 1 aromatic heterocycles. The fraction of sp³-hybridized carbons (Fsp3) is 0.667. The summed E-state index contributed by atoms with van der Waals surface area (Å²) in [5, 5.41) is 7.68. The second-order valence-electron chi connectivity index (χ2n) is 5.68. The fourth-order valence-electron chi connectivity index (χ4n) is 3.22. The average Bonchev–Trinajstić information content (AvgIpc) is 3.07. The molecule has 0 bridgehead atoms. The maximum absolute atomic E-state index is 12.6. The van der Waals surface area contributed by atoms with Crippen LogP contribution < -0.4 is 5.32 Å². The molecule has 1 amide bonds. The monoisotopic (exact) mass is 293 g/mol. The first-order chi connectivity index (χ1) is 9.84. The number of nitrogens with one attached hydrogen (secondary N) is 1. The van der Waals surface area contributed by atoms with E-state index in [1.54, 1.807) is 11.3 Å². The van der Waals surface area contributed by atoms with Crippen LogP contribution in [-0.2, 0) is 4.79 Å². The van der Waals surface area contributed by atoms with Gasteiger partial charge in [-0.3, -0.25) is 9.69 Å². The number of nitrogens with zero attached hydrogens (tertiary/aromatic N) is 2. The molecule has 1 atom stereocenters. The third kappa shape index (κ3) is 3.22. The standard InChI is InChI=1S/C15H23N3OS/c19-15(11-17-7-2-5-16-6-9-17)18-8-1-3-14(18)13-4-10-20-12-13/h4,10,12,14,16H,1-3,5-9,11H2. The molecule has 0 saturated carbocycles. The maximum atomic E-state index is 12.6. The van der Waals surface area contributed by atoms with Crippen molar-refractivity contribution in [3.8, 4) is 0 Å². The third-order valence-electron chi connectivity index (χ3n) is 4.29. The summed E-state index contributed by atoms with van der Waals surface area (Å²) in [7, 11) is 0. The molecular formula is C15H23N3OS. The van der Waals surface area contributed by atoms with Crippen LogP contribution in [0.2, 0.25) is 0 Å². The summed E-state index contributed by atoms with van der Waals surface area (Å²) in [5.41, 5.74) is 1.32. The van der Waals surface area contributed by atoms with E-state index in [0.29, 0.717) is 18.5 Å². The van der Waals surface area contributed by atoms with Gasteiger partial charge >= 0.3 is 0 Å². The lowest BCUT2D eigenvalue weighted by Gasteiger charge is -2.27. The molecule has 0 radical (unpaired) electrons. The molecule has 0 aromatic carbocycles. The molecular weight excluding hydrogens is 270 g/mol. The van der Waals surface area contributed by atoms with E-state index in [2.05, 4.69) is 31.9 Å². The van der Waals surface area contributed by atoms with Gasteiger partial charge in [0.1, 0.15) is 0 Å². The Morgan fingerprint density at radius 3 is 3.10 bits per heavy atom. The van der Waals surface area contributed by atoms with E-state index in [9.17, 15) is 4.79 Å². The molecule has 3 heterocycles. The minimum atomic E-state index is 0.306. The molecule has 1 N–H and O–H groups in total. The Labute approximate surface area is 124 Å². The summed E-state index contributed by atoms with van der Waals surface area (Å²) in [6.07, 6.45) is 3.39. The molecule has 0 aliphatic carbocycles. The molecule has 2 aliphatic heterocycles. The topological polar surface area (TPSA) is 35.6 Å². The number of hydrogen-bond acceptors (Lipinski definition) is 4. The lowest BCUT2D eigenvalue weighted by atomic mass is 10.1. The van der Waals surface area contributed by atoms with Gasteiger partial charge in [0.25, 0.3) is 0 Å². The highest BCUT2D eigenvalue weighted by Crippen LogP contribution is 2.33. The molecule has 1 unspecified atom stereocenters. The van der Waals surface area contributed by atoms with Crippen molar-refractivity contribution >= 4 is 17.2 Å². The van der Waals surface area contributed by atoms with E-state index >= 15 is 0 Å². The van der Waals surface area contributed by atoms with Crippen LogP contribution in [0.1, 0.15) is 30.9 Å². The van der Waals surface area contributed by atoms with Crippen molar-refractivity contribution in [2.45, 2.75) is 25.3 Å². The van der Waals surface area contributed by atoms with Crippen LogP contribution in [0.5, 0.6) is 0 Å². The Hall–Kier alpha value is -0.910. The number of rotatable bonds is 3. The van der Waals surface area contributed by atoms with E-state index in [4.69, 9.17) is 0 Å². The van der Waals surface area contributed by atoms with Crippen LogP contribution in [-0.4, -0.2) is 55.0 Å². The van der Waals surface area contributed by atoms with Gasteiger partial charge in [0.2, 0.25) is 5.91 Å². The second-order valence-corrected chi connectivity index (χ2v) is 6.46. The lowest BCUT2D eigenvalue weighted by Crippen LogP contribution is -2.41. The van der Waals surface area contributed by atoms with Crippen LogP contribution in [0, 0.1) is 0 Å². The largest absolute Gasteiger partial charge is 0.335 e. The number of hydrogen-bond donors (Lipinski definition) is 1. The summed E-state index contributed by atoms with van der Waals surface area (Å²) in [6.45, 7) is 5.61. The van der Waals surface area contributed by atoms with Gasteiger partial charge in [0.05, 0.1) is 12.6 Å². The van der Waals surface area contributed by atoms with Crippen LogP contribution in [0.4, 0.5) is 0 Å². The van der Waals surface area contributed by atoms with Gasteiger partial charge in [-0.1, -0.05) is 0 Å². The first-order valence-corrected chi connectivity index (χ1v) is 8.53. The average molecular weight is 293 g/mol. The lowest BCUT2D eigenvalue weighted by molar-refractivity contribution is -0.133. The highest BCUT2D eigenvalue weighted by molar-refractivity contribution is 7.07. The van der Waals surface area contributed by atoms with Crippen molar-refractivity contribution in [2.75, 3.05) is 39.3 Å². The van der Waals surface area contributed by atoms with Crippen LogP contribution in [0.15, 0.2) is 16.8 Å². The molecule has 1 aromatic rings. The molecule has 5 heteroatoms. The molecule has 110 valence electrons. The smallest absolute Gasteiger partial charge is 0.237 e. The number of likely N-dealkylation sites (tertiary alicyclic amines) is 1. The quantitative estimate of drug-likeness (QED) is 0.921. The molecule has 4 nitrogen and oxygen atoms in total. The number of carbonyl (C=O) groups is 1. The fourth-order valence-corrected chi connectivity index (χ4v) is 3.93. The van der Waals surface area contributed by atoms with Crippen molar-refractivity contribution in [1.82, 2.24) is 15.1 Å². The van der Waals surface area contributed by atoms with Crippen molar-refractivity contribution < 1.29 is 4.79 Å². The van der Waals surface area contributed by atoms with Crippen LogP contribution in [0.3, 0.4) is 0 Å². The van der Waals surface area contributed by atoms with E-state index < -0.39 is 0 Å². The normalized spacial score (nSPS) is 24.8. The first kappa shape index (κ1) is 14.0. The summed E-state index contributed by atoms with van der Waals surface area (Å²) in [5.74, 6) is 0.306. The summed E-state index contributed by atoms with van der Waals surface area (Å²) >= 11 is 1.72. The maximum Gasteiger partial charge on any atom is 0.237 e. The zero-order valence-electron chi connectivity index (χ0n) is 11.9. The van der Waals surface area contributed by atoms with Crippen molar-refractivity contribution in [1.29, 1.82) is 0 Å². The van der Waals surface area contributed by atoms with Gasteiger partial charge in [-0.2, -0.15) is 11.3 Å². The Morgan fingerprint density at radius 2 is 2.25 bits per heavy atom. The van der Waals surface area contributed by atoms with E-state index in [0.717, 1.165) is 52.0 Å². The SMILES string of the molecule is O=C(CN1CCCNCC1)N1CCCC1c1ccsc1. The minimum Gasteiger partial charge on any atom is -0.335 e. The predicted molar refractivity (Wildman–Crippen MR) is 81.9 cm³/mol. The van der Waals surface area contributed by atoms with Gasteiger partial charge in [0.15, 0.2) is 0 Å². The predicted octanol–water partition coefficient (Wildman–Crippen LogP) is 1.71. The van der Waals surface area contributed by atoms with E-state index in [-0.39, 0.29) is 0 Å². The van der Waals surface area contributed by atoms with Gasteiger partial charge < -0.3 is 10.2 Å². The third-order valence-corrected chi connectivity index (χ3v) is 4.99. The van der Waals surface area contributed by atoms with Gasteiger partial charge in [-0.15, -0.1) is 0 Å². The van der Waals surface area contributed by atoms with Gasteiger partial charge in [-0.25, -0.2) is 0 Å². The summed E-state index contributed by atoms with van der Waals surface area (Å²) in [6, 6.07) is 2.48. The number of amides is 1. The molecule has 3 rings (SSSR count). The Kier molecular flexibility index (Phi) is 4.70. The van der Waals surface area contributed by atoms with Crippen LogP contribution >= 0.6 is 11.3 Å². The van der Waals surface area contributed by atoms with E-state index in [1.165, 1.54) is 5.56 Å². The van der Waals surface area contributed by atoms with Crippen LogP contribution in [0.25, 0.3) is 0 Å². The van der Waals surface area contributed by atoms with E-state index in [1.807, 2.05) is 0 Å². The summed E-state index contributed by atoms with van der Waals surface area (Å²) in [4.78, 5) is 17.0. The zero-order valence-corrected chi connectivity index (χ0v) is 12.7. The van der Waals surface area contributed by atoms with Gasteiger partial charge in [0, 0.05) is 19.6 Å². The second kappa shape index (κ2) is 6.70. The molecule has 20 heavy (non-hydrogen) atoms. The Balaban J connectivity index is 1.61. The zero-order chi connectivity index (χ0) is 13.8. The number of thiophene rings is 1. The van der Waals surface area contributed by atoms with Crippen molar-refractivity contribution in [2.24, 2.45) is 0 Å². The van der Waals surface area contributed by atoms with Gasteiger partial charge in [-0.05, 0) is 54.7 Å². The minimum absolute atomic E-state index is 0.306. The molecule has 2 saturated heterocycles. The highest BCUT2D eigenvalue weighted by atomic mass is 32.1. The number of carbonyl (C=O) groups excluding carboxylic acids is 1. The molecule has 0 spiro atoms. The van der Waals surface area contributed by atoms with Crippen molar-refractivity contribution in [3.05, 3.63) is 22.4 Å². The van der Waals surface area contributed by atoms with Crippen molar-refractivity contribution in [3.63, 3.8) is 0 Å².